The number of rotatable bonds is 7. The van der Waals surface area contributed by atoms with Crippen molar-refractivity contribution in [2.24, 2.45) is 0 Å². The first-order valence-electron chi connectivity index (χ1n) is 10.3. The number of aryl methyl sites for hydroxylation is 2. The Morgan fingerprint density at radius 3 is 2.62 bits per heavy atom. The molecule has 4 rings (SSSR count). The lowest BCUT2D eigenvalue weighted by Gasteiger charge is -2.31. The van der Waals surface area contributed by atoms with Gasteiger partial charge in [0.25, 0.3) is 0 Å². The summed E-state index contributed by atoms with van der Waals surface area (Å²) in [4.78, 5) is 19.5. The van der Waals surface area contributed by atoms with Gasteiger partial charge < -0.3 is 9.64 Å². The highest BCUT2D eigenvalue weighted by atomic mass is 16.5. The molecule has 2 aromatic heterocycles. The van der Waals surface area contributed by atoms with E-state index in [0.717, 1.165) is 53.4 Å². The molecule has 1 aromatic carbocycles. The second-order valence-electron chi connectivity index (χ2n) is 7.42. The number of carbonyl (C=O) groups is 1. The molecule has 0 N–H and O–H groups in total. The number of pyridine rings is 1. The van der Waals surface area contributed by atoms with Gasteiger partial charge in [-0.2, -0.15) is 0 Å². The summed E-state index contributed by atoms with van der Waals surface area (Å²) in [6, 6.07) is 14.6. The molecule has 0 fully saturated rings. The van der Waals surface area contributed by atoms with Gasteiger partial charge in [-0.15, -0.1) is 0 Å². The fourth-order valence-corrected chi connectivity index (χ4v) is 3.84. The molecule has 0 radical (unpaired) electrons. The topological polar surface area (TPSA) is 46.8 Å². The van der Waals surface area contributed by atoms with Gasteiger partial charge in [-0.25, -0.2) is 4.98 Å². The summed E-state index contributed by atoms with van der Waals surface area (Å²) in [6.45, 7) is 6.63. The van der Waals surface area contributed by atoms with Gasteiger partial charge in [0.2, 0.25) is 0 Å². The molecule has 29 heavy (non-hydrogen) atoms. The number of ether oxygens (including phenoxy) is 1. The molecule has 1 aliphatic heterocycles. The Kier molecular flexibility index (Phi) is 5.38. The minimum atomic E-state index is -0.235. The number of benzene rings is 1. The first-order chi connectivity index (χ1) is 14.1. The van der Waals surface area contributed by atoms with Crippen molar-refractivity contribution in [3.05, 3.63) is 65.0 Å². The number of hydrogen-bond donors (Lipinski definition) is 0. The zero-order valence-corrected chi connectivity index (χ0v) is 17.3. The molecule has 1 aliphatic rings. The first-order valence-corrected chi connectivity index (χ1v) is 10.3. The third-order valence-corrected chi connectivity index (χ3v) is 5.26. The molecule has 0 aliphatic carbocycles. The van der Waals surface area contributed by atoms with Crippen LogP contribution in [-0.4, -0.2) is 28.5 Å². The van der Waals surface area contributed by atoms with E-state index < -0.39 is 0 Å². The molecule has 5 heteroatoms. The molecule has 150 valence electrons. The Morgan fingerprint density at radius 2 is 1.90 bits per heavy atom. The van der Waals surface area contributed by atoms with E-state index >= 15 is 0 Å². The molecular formula is C24H27N3O2. The summed E-state index contributed by atoms with van der Waals surface area (Å²) in [5, 5.41) is 0. The summed E-state index contributed by atoms with van der Waals surface area (Å²) in [5.41, 5.74) is 6.29. The summed E-state index contributed by atoms with van der Waals surface area (Å²) < 4.78 is 7.45. The van der Waals surface area contributed by atoms with Gasteiger partial charge in [-0.1, -0.05) is 49.2 Å². The standard InChI is InChI=1S/C24H27N3O2/c1-4-6-9-20-24-26(16-23(28)29-5-2)21(18-13-11-17(3)12-14-18)15-19-8-7-10-22(25-20)27(19)24/h7-8,10-15H,4-6,9,16H2,1-3H3. The van der Waals surface area contributed by atoms with Crippen molar-refractivity contribution >= 4 is 29.2 Å². The lowest BCUT2D eigenvalue weighted by Crippen LogP contribution is -2.33. The second-order valence-corrected chi connectivity index (χ2v) is 7.42. The Bertz CT molecular complexity index is 1060. The number of hydrogen-bond acceptors (Lipinski definition) is 4. The highest BCUT2D eigenvalue weighted by molar-refractivity contribution is 5.96. The zero-order valence-electron chi connectivity index (χ0n) is 17.3. The maximum absolute atomic E-state index is 12.5. The monoisotopic (exact) mass is 389 g/mol. The third kappa shape index (κ3) is 3.65. The number of esters is 1. The Morgan fingerprint density at radius 1 is 1.10 bits per heavy atom. The van der Waals surface area contributed by atoms with Crippen LogP contribution in [0, 0.1) is 6.92 Å². The predicted molar refractivity (Wildman–Crippen MR) is 117 cm³/mol. The van der Waals surface area contributed by atoms with Crippen LogP contribution in [-0.2, 0) is 16.0 Å². The van der Waals surface area contributed by atoms with Crippen LogP contribution >= 0.6 is 0 Å². The maximum atomic E-state index is 12.5. The molecule has 5 nitrogen and oxygen atoms in total. The Labute approximate surface area is 171 Å². The molecule has 0 spiro atoms. The molecule has 0 unspecified atom stereocenters. The quantitative estimate of drug-likeness (QED) is 0.541. The minimum absolute atomic E-state index is 0.162. The predicted octanol–water partition coefficient (Wildman–Crippen LogP) is 4.87. The highest BCUT2D eigenvalue weighted by Gasteiger charge is 2.29. The van der Waals surface area contributed by atoms with Gasteiger partial charge >= 0.3 is 5.97 Å². The highest BCUT2D eigenvalue weighted by Crippen LogP contribution is 2.37. The van der Waals surface area contributed by atoms with Gasteiger partial charge in [0.1, 0.15) is 18.0 Å². The summed E-state index contributed by atoms with van der Waals surface area (Å²) in [7, 11) is 0. The van der Waals surface area contributed by atoms with E-state index in [1.165, 1.54) is 5.56 Å². The number of aromatic nitrogens is 2. The van der Waals surface area contributed by atoms with Crippen molar-refractivity contribution in [1.29, 1.82) is 0 Å². The lowest BCUT2D eigenvalue weighted by molar-refractivity contribution is -0.141. The van der Waals surface area contributed by atoms with Gasteiger partial charge in [0, 0.05) is 0 Å². The van der Waals surface area contributed by atoms with Crippen molar-refractivity contribution in [2.75, 3.05) is 18.1 Å². The largest absolute Gasteiger partial charge is 0.465 e. The fourth-order valence-electron chi connectivity index (χ4n) is 3.84. The molecule has 3 aromatic rings. The van der Waals surface area contributed by atoms with Crippen LogP contribution in [0.1, 0.15) is 49.2 Å². The molecule has 3 heterocycles. The van der Waals surface area contributed by atoms with Crippen molar-refractivity contribution in [2.45, 2.75) is 40.0 Å². The summed E-state index contributed by atoms with van der Waals surface area (Å²) >= 11 is 0. The van der Waals surface area contributed by atoms with Crippen molar-refractivity contribution < 1.29 is 9.53 Å². The van der Waals surface area contributed by atoms with Gasteiger partial charge in [-0.05, 0) is 50.5 Å². The van der Waals surface area contributed by atoms with Gasteiger partial charge in [-0.3, -0.25) is 9.20 Å². The average Bonchev–Trinajstić information content (AvgIpc) is 3.09. The summed E-state index contributed by atoms with van der Waals surface area (Å²) in [5.74, 6) is 0.747. The average molecular weight is 389 g/mol. The third-order valence-electron chi connectivity index (χ3n) is 5.26. The zero-order chi connectivity index (χ0) is 20.4. The maximum Gasteiger partial charge on any atom is 0.326 e. The molecule has 0 atom stereocenters. The van der Waals surface area contributed by atoms with E-state index in [-0.39, 0.29) is 12.5 Å². The van der Waals surface area contributed by atoms with Crippen LogP contribution in [0.15, 0.2) is 42.5 Å². The lowest BCUT2D eigenvalue weighted by atomic mass is 10.0. The first kappa shape index (κ1) is 19.2. The van der Waals surface area contributed by atoms with Crippen molar-refractivity contribution in [3.63, 3.8) is 0 Å². The van der Waals surface area contributed by atoms with Crippen LogP contribution in [0.5, 0.6) is 0 Å². The Hall–Kier alpha value is -3.08. The Balaban J connectivity index is 1.89. The molecule has 0 saturated carbocycles. The normalized spacial score (nSPS) is 12.9. The van der Waals surface area contributed by atoms with Crippen LogP contribution in [0.2, 0.25) is 0 Å². The minimum Gasteiger partial charge on any atom is -0.465 e. The van der Waals surface area contributed by atoms with Crippen LogP contribution in [0.25, 0.3) is 17.4 Å². The van der Waals surface area contributed by atoms with Crippen molar-refractivity contribution in [1.82, 2.24) is 9.38 Å². The second kappa shape index (κ2) is 8.11. The van der Waals surface area contributed by atoms with Crippen LogP contribution in [0.3, 0.4) is 0 Å². The molecule has 0 saturated heterocycles. The van der Waals surface area contributed by atoms with E-state index in [0.29, 0.717) is 6.61 Å². The van der Waals surface area contributed by atoms with E-state index in [4.69, 9.17) is 9.72 Å². The van der Waals surface area contributed by atoms with Gasteiger partial charge in [0.05, 0.1) is 23.7 Å². The van der Waals surface area contributed by atoms with E-state index in [2.05, 4.69) is 59.6 Å². The summed E-state index contributed by atoms with van der Waals surface area (Å²) in [6.07, 6.45) is 5.17. The number of nitrogens with zero attached hydrogens (tertiary/aromatic N) is 3. The fraction of sp³-hybridized carbons (Fsp3) is 0.333. The molecule has 0 amide bonds. The molecular weight excluding hydrogens is 362 g/mol. The van der Waals surface area contributed by atoms with E-state index in [9.17, 15) is 4.79 Å². The van der Waals surface area contributed by atoms with Crippen LogP contribution in [0.4, 0.5) is 5.82 Å². The van der Waals surface area contributed by atoms with E-state index in [1.54, 1.807) is 0 Å². The molecule has 0 bridgehead atoms. The number of carbonyl (C=O) groups excluding carboxylic acids is 1. The number of anilines is 1. The number of imidazole rings is 1. The smallest absolute Gasteiger partial charge is 0.326 e. The van der Waals surface area contributed by atoms with E-state index in [1.807, 2.05) is 19.1 Å². The van der Waals surface area contributed by atoms with Crippen LogP contribution < -0.4 is 4.90 Å². The SMILES string of the molecule is CCCCc1nc2cccc3n2c1N(CC(=O)OCC)C(c1ccc(C)cc1)=C3. The number of unbranched alkanes of at least 4 members (excludes halogenated alkanes) is 1. The van der Waals surface area contributed by atoms with Gasteiger partial charge in [0.15, 0.2) is 0 Å². The van der Waals surface area contributed by atoms with Crippen molar-refractivity contribution in [3.8, 4) is 0 Å².